The Morgan fingerprint density at radius 2 is 2.13 bits per heavy atom. The standard InChI is InChI=1S/C16H15N5O2/c22-15(17-8-10-7-13(21-20-10)9-5-6-9)14-16(23)19-12-4-2-1-3-11(12)18-14/h1-4,7,9H,5-6,8H2,(H,17,22)(H,19,23)(H,20,21). The molecule has 1 aromatic carbocycles. The van der Waals surface area contributed by atoms with Crippen LogP contribution in [0, 0.1) is 0 Å². The summed E-state index contributed by atoms with van der Waals surface area (Å²) in [5, 5.41) is 9.84. The second-order valence-corrected chi connectivity index (χ2v) is 5.71. The normalized spacial score (nSPS) is 14.1. The molecule has 0 bridgehead atoms. The number of carbonyl (C=O) groups excluding carboxylic acids is 1. The third kappa shape index (κ3) is 2.73. The quantitative estimate of drug-likeness (QED) is 0.678. The van der Waals surface area contributed by atoms with E-state index >= 15 is 0 Å². The van der Waals surface area contributed by atoms with Crippen LogP contribution >= 0.6 is 0 Å². The topological polar surface area (TPSA) is 104 Å². The molecule has 0 saturated heterocycles. The van der Waals surface area contributed by atoms with Crippen LogP contribution in [0.4, 0.5) is 0 Å². The van der Waals surface area contributed by atoms with Gasteiger partial charge in [-0.05, 0) is 31.0 Å². The molecule has 0 aliphatic heterocycles. The van der Waals surface area contributed by atoms with Gasteiger partial charge in [0.15, 0.2) is 5.69 Å². The van der Waals surface area contributed by atoms with Gasteiger partial charge in [-0.3, -0.25) is 14.7 Å². The van der Waals surface area contributed by atoms with Gasteiger partial charge in [0, 0.05) is 5.92 Å². The number of nitrogens with one attached hydrogen (secondary N) is 3. The first kappa shape index (κ1) is 13.7. The molecule has 1 fully saturated rings. The fourth-order valence-electron chi connectivity index (χ4n) is 2.50. The van der Waals surface area contributed by atoms with Gasteiger partial charge in [-0.1, -0.05) is 12.1 Å². The highest BCUT2D eigenvalue weighted by Gasteiger charge is 2.26. The number of benzene rings is 1. The summed E-state index contributed by atoms with van der Waals surface area (Å²) >= 11 is 0. The number of rotatable bonds is 4. The number of para-hydroxylation sites is 2. The monoisotopic (exact) mass is 309 g/mol. The summed E-state index contributed by atoms with van der Waals surface area (Å²) < 4.78 is 0. The lowest BCUT2D eigenvalue weighted by Gasteiger charge is -2.03. The van der Waals surface area contributed by atoms with Crippen LogP contribution in [0.5, 0.6) is 0 Å². The van der Waals surface area contributed by atoms with Gasteiger partial charge in [-0.2, -0.15) is 5.10 Å². The SMILES string of the molecule is O=C(NCc1cc(C2CC2)n[nH]1)c1nc2ccccc2[nH]c1=O. The number of hydrogen-bond donors (Lipinski definition) is 3. The summed E-state index contributed by atoms with van der Waals surface area (Å²) in [5.41, 5.74) is 2.41. The second-order valence-electron chi connectivity index (χ2n) is 5.71. The van der Waals surface area contributed by atoms with Crippen LogP contribution in [0.25, 0.3) is 11.0 Å². The van der Waals surface area contributed by atoms with Gasteiger partial charge >= 0.3 is 0 Å². The summed E-state index contributed by atoms with van der Waals surface area (Å²) in [6.45, 7) is 0.284. The predicted molar refractivity (Wildman–Crippen MR) is 84.1 cm³/mol. The third-order valence-corrected chi connectivity index (χ3v) is 3.90. The van der Waals surface area contributed by atoms with Gasteiger partial charge in [0.2, 0.25) is 0 Å². The number of carbonyl (C=O) groups is 1. The van der Waals surface area contributed by atoms with Crippen molar-refractivity contribution in [3.63, 3.8) is 0 Å². The number of fused-ring (bicyclic) bond motifs is 1. The van der Waals surface area contributed by atoms with Crippen molar-refractivity contribution in [2.75, 3.05) is 0 Å². The zero-order chi connectivity index (χ0) is 15.8. The van der Waals surface area contributed by atoms with Gasteiger partial charge < -0.3 is 10.3 Å². The highest BCUT2D eigenvalue weighted by Crippen LogP contribution is 2.38. The van der Waals surface area contributed by atoms with Gasteiger partial charge in [-0.15, -0.1) is 0 Å². The molecule has 7 heteroatoms. The number of aromatic nitrogens is 4. The maximum absolute atomic E-state index is 12.2. The number of amides is 1. The lowest BCUT2D eigenvalue weighted by molar-refractivity contribution is 0.0944. The third-order valence-electron chi connectivity index (χ3n) is 3.90. The summed E-state index contributed by atoms with van der Waals surface area (Å²) in [6.07, 6.45) is 2.35. The Morgan fingerprint density at radius 3 is 2.96 bits per heavy atom. The Kier molecular flexibility index (Phi) is 3.18. The molecule has 2 aromatic heterocycles. The van der Waals surface area contributed by atoms with Crippen molar-refractivity contribution >= 4 is 16.9 Å². The Hall–Kier alpha value is -2.96. The van der Waals surface area contributed by atoms with Crippen LogP contribution in [0.1, 0.15) is 40.6 Å². The smallest absolute Gasteiger partial charge is 0.280 e. The van der Waals surface area contributed by atoms with Crippen molar-refractivity contribution in [2.45, 2.75) is 25.3 Å². The lowest BCUT2D eigenvalue weighted by atomic mass is 10.2. The van der Waals surface area contributed by atoms with Gasteiger partial charge in [0.05, 0.1) is 29.0 Å². The Labute approximate surface area is 131 Å². The van der Waals surface area contributed by atoms with Crippen LogP contribution in [0.3, 0.4) is 0 Å². The molecule has 3 N–H and O–H groups in total. The molecule has 1 saturated carbocycles. The number of nitrogens with zero attached hydrogens (tertiary/aromatic N) is 2. The Bertz CT molecular complexity index is 939. The fraction of sp³-hybridized carbons (Fsp3) is 0.250. The van der Waals surface area contributed by atoms with E-state index in [9.17, 15) is 9.59 Å². The molecule has 1 aliphatic carbocycles. The molecule has 7 nitrogen and oxygen atoms in total. The number of H-pyrrole nitrogens is 2. The molecule has 0 unspecified atom stereocenters. The zero-order valence-corrected chi connectivity index (χ0v) is 12.3. The maximum Gasteiger partial charge on any atom is 0.280 e. The van der Waals surface area contributed by atoms with Gasteiger partial charge in [0.25, 0.3) is 11.5 Å². The molecule has 0 radical (unpaired) electrons. The van der Waals surface area contributed by atoms with Crippen molar-refractivity contribution in [2.24, 2.45) is 0 Å². The highest BCUT2D eigenvalue weighted by atomic mass is 16.2. The summed E-state index contributed by atoms with van der Waals surface area (Å²) in [5.74, 6) is 0.0558. The molecule has 3 aromatic rings. The molecular weight excluding hydrogens is 294 g/mol. The van der Waals surface area contributed by atoms with Gasteiger partial charge in [-0.25, -0.2) is 4.98 Å². The molecule has 1 aliphatic rings. The first-order valence-electron chi connectivity index (χ1n) is 7.52. The molecule has 0 atom stereocenters. The second kappa shape index (κ2) is 5.35. The average molecular weight is 309 g/mol. The highest BCUT2D eigenvalue weighted by molar-refractivity contribution is 5.93. The van der Waals surface area contributed by atoms with E-state index in [2.05, 4.69) is 25.5 Å². The zero-order valence-electron chi connectivity index (χ0n) is 12.3. The van der Waals surface area contributed by atoms with Crippen molar-refractivity contribution in [1.82, 2.24) is 25.5 Å². The van der Waals surface area contributed by atoms with Crippen molar-refractivity contribution in [1.29, 1.82) is 0 Å². The summed E-state index contributed by atoms with van der Waals surface area (Å²) in [7, 11) is 0. The summed E-state index contributed by atoms with van der Waals surface area (Å²) in [6, 6.07) is 9.05. The first-order chi connectivity index (χ1) is 11.2. The van der Waals surface area contributed by atoms with E-state index in [1.54, 1.807) is 24.3 Å². The Balaban J connectivity index is 1.51. The minimum absolute atomic E-state index is 0.134. The summed E-state index contributed by atoms with van der Waals surface area (Å²) in [4.78, 5) is 31.0. The van der Waals surface area contributed by atoms with E-state index in [0.29, 0.717) is 17.0 Å². The van der Waals surface area contributed by atoms with Crippen LogP contribution in [0.2, 0.25) is 0 Å². The molecule has 23 heavy (non-hydrogen) atoms. The van der Waals surface area contributed by atoms with Crippen LogP contribution in [0.15, 0.2) is 35.1 Å². The molecule has 1 amide bonds. The van der Waals surface area contributed by atoms with Crippen molar-refractivity contribution in [3.05, 3.63) is 57.8 Å². The van der Waals surface area contributed by atoms with Crippen molar-refractivity contribution < 1.29 is 4.79 Å². The van der Waals surface area contributed by atoms with E-state index in [-0.39, 0.29) is 12.2 Å². The van der Waals surface area contributed by atoms with Crippen LogP contribution in [-0.2, 0) is 6.54 Å². The fourth-order valence-corrected chi connectivity index (χ4v) is 2.50. The van der Waals surface area contributed by atoms with E-state index in [0.717, 1.165) is 11.4 Å². The average Bonchev–Trinajstić information content (AvgIpc) is 3.30. The molecular formula is C16H15N5O2. The Morgan fingerprint density at radius 1 is 1.30 bits per heavy atom. The van der Waals surface area contributed by atoms with E-state index in [4.69, 9.17) is 0 Å². The minimum atomic E-state index is -0.500. The first-order valence-corrected chi connectivity index (χ1v) is 7.52. The van der Waals surface area contributed by atoms with Crippen LogP contribution < -0.4 is 10.9 Å². The largest absolute Gasteiger partial charge is 0.345 e. The van der Waals surface area contributed by atoms with Gasteiger partial charge in [0.1, 0.15) is 0 Å². The number of aromatic amines is 2. The minimum Gasteiger partial charge on any atom is -0.345 e. The molecule has 4 rings (SSSR count). The molecule has 0 spiro atoms. The van der Waals surface area contributed by atoms with E-state index in [1.165, 1.54) is 12.8 Å². The van der Waals surface area contributed by atoms with Crippen LogP contribution in [-0.4, -0.2) is 26.1 Å². The van der Waals surface area contributed by atoms with E-state index < -0.39 is 11.5 Å². The molecule has 2 heterocycles. The number of hydrogen-bond acceptors (Lipinski definition) is 4. The lowest BCUT2D eigenvalue weighted by Crippen LogP contribution is -2.30. The predicted octanol–water partition coefficient (Wildman–Crippen LogP) is 1.45. The molecule has 116 valence electrons. The van der Waals surface area contributed by atoms with E-state index in [1.807, 2.05) is 6.07 Å². The maximum atomic E-state index is 12.2. The van der Waals surface area contributed by atoms with Crippen molar-refractivity contribution in [3.8, 4) is 0 Å².